The highest BCUT2D eigenvalue weighted by atomic mass is 32.2. The highest BCUT2D eigenvalue weighted by Gasteiger charge is 2.55. The van der Waals surface area contributed by atoms with Gasteiger partial charge in [-0.3, -0.25) is 19.3 Å². The monoisotopic (exact) mass is 587 g/mol. The van der Waals surface area contributed by atoms with Crippen molar-refractivity contribution in [2.24, 2.45) is 10.9 Å². The molecule has 0 radical (unpaired) electrons. The van der Waals surface area contributed by atoms with Gasteiger partial charge in [0.25, 0.3) is 17.7 Å². The van der Waals surface area contributed by atoms with Crippen molar-refractivity contribution in [1.29, 1.82) is 0 Å². The molecule has 2 atom stereocenters. The average molecular weight is 588 g/mol. The quantitative estimate of drug-likeness (QED) is 0.109. The van der Waals surface area contributed by atoms with Crippen LogP contribution in [0.1, 0.15) is 19.7 Å². The van der Waals surface area contributed by atoms with Crippen LogP contribution >= 0.6 is 23.1 Å². The van der Waals surface area contributed by atoms with Gasteiger partial charge >= 0.3 is 12.0 Å². The van der Waals surface area contributed by atoms with E-state index in [0.717, 1.165) is 15.0 Å². The Hall–Kier alpha value is -4.51. The molecule has 40 heavy (non-hydrogen) atoms. The molecule has 1 saturated heterocycles. The molecule has 5 heterocycles. The van der Waals surface area contributed by atoms with Gasteiger partial charge in [-0.05, 0) is 25.3 Å². The lowest BCUT2D eigenvalue weighted by Gasteiger charge is -2.49. The van der Waals surface area contributed by atoms with Crippen molar-refractivity contribution in [1.82, 2.24) is 20.4 Å². The van der Waals surface area contributed by atoms with Crippen LogP contribution in [0, 0.1) is 0 Å². The number of β-lactam (4-membered cyclic amide) rings is 1. The zero-order valence-corrected chi connectivity index (χ0v) is 22.7. The summed E-state index contributed by atoms with van der Waals surface area (Å²) in [7, 11) is 0. The Morgan fingerprint density at radius 3 is 2.83 bits per heavy atom. The van der Waals surface area contributed by atoms with Gasteiger partial charge in [-0.25, -0.2) is 4.79 Å². The van der Waals surface area contributed by atoms with Crippen molar-refractivity contribution < 1.29 is 38.2 Å². The first-order valence-electron chi connectivity index (χ1n) is 11.7. The number of carboxylic acid groups (broad SMARTS) is 1. The number of rotatable bonds is 9. The van der Waals surface area contributed by atoms with Crippen LogP contribution in [0.4, 0.5) is 6.01 Å². The molecule has 1 fully saturated rings. The fourth-order valence-electron chi connectivity index (χ4n) is 4.00. The third-order valence-electron chi connectivity index (χ3n) is 6.19. The van der Waals surface area contributed by atoms with Crippen molar-refractivity contribution in [3.63, 3.8) is 0 Å². The Kier molecular flexibility index (Phi) is 6.92. The summed E-state index contributed by atoms with van der Waals surface area (Å²) >= 11 is 2.88. The molecule has 0 aliphatic carbocycles. The summed E-state index contributed by atoms with van der Waals surface area (Å²) in [6.07, 6.45) is 3.78. The molecule has 3 aromatic heterocycles. The first kappa shape index (κ1) is 27.1. The number of carbonyl (C=O) groups excluding carboxylic acids is 3. The van der Waals surface area contributed by atoms with E-state index in [1.54, 1.807) is 11.3 Å². The minimum atomic E-state index is -1.59. The van der Waals surface area contributed by atoms with Gasteiger partial charge in [-0.15, -0.1) is 23.1 Å². The number of hydrogen-bond donors (Lipinski definition) is 4. The molecule has 0 aromatic carbocycles. The summed E-state index contributed by atoms with van der Waals surface area (Å²) in [5, 5.41) is 22.1. The number of thiophene rings is 1. The smallest absolute Gasteiger partial charge is 0.352 e. The maximum Gasteiger partial charge on any atom is 0.352 e. The number of nitrogen functional groups attached to an aromatic ring is 1. The number of amides is 3. The zero-order valence-electron chi connectivity index (χ0n) is 21.1. The summed E-state index contributed by atoms with van der Waals surface area (Å²) in [5.74, 6) is -3.71. The molecule has 0 saturated carbocycles. The van der Waals surface area contributed by atoms with E-state index < -0.39 is 46.4 Å². The number of nitrogens with zero attached hydrogens (tertiary/aromatic N) is 5. The number of primary amides is 1. The fourth-order valence-corrected chi connectivity index (χ4v) is 6.16. The third-order valence-corrected chi connectivity index (χ3v) is 8.40. The Balaban J connectivity index is 1.36. The van der Waals surface area contributed by atoms with E-state index in [1.165, 1.54) is 25.6 Å². The molecule has 2 aliphatic heterocycles. The lowest BCUT2D eigenvalue weighted by atomic mass is 10.0. The highest BCUT2D eigenvalue weighted by Crippen LogP contribution is 2.40. The van der Waals surface area contributed by atoms with E-state index in [9.17, 15) is 24.3 Å². The molecule has 0 bridgehead atoms. The zero-order chi connectivity index (χ0) is 28.8. The number of nitrogens with two attached hydrogens (primary N) is 2. The molecule has 6 N–H and O–H groups in total. The Bertz CT molecular complexity index is 1610. The van der Waals surface area contributed by atoms with Crippen LogP contribution in [0.15, 0.2) is 50.9 Å². The second-order valence-corrected chi connectivity index (χ2v) is 11.4. The number of oxime groups is 1. The van der Waals surface area contributed by atoms with Crippen LogP contribution in [0.2, 0.25) is 0 Å². The SMILES string of the molecule is CC(C)(O/N=C(\C(=O)NC1C(=O)N2C(C(=O)O)=C(C[n+]3ccc4ccsc4c3)CS[C@H]12)c1noc(N)n1)C(N)=O. The van der Waals surface area contributed by atoms with Crippen molar-refractivity contribution in [2.45, 2.75) is 37.4 Å². The lowest BCUT2D eigenvalue weighted by molar-refractivity contribution is -0.687. The summed E-state index contributed by atoms with van der Waals surface area (Å²) in [6, 6.07) is 2.49. The van der Waals surface area contributed by atoms with Gasteiger partial charge in [-0.2, -0.15) is 9.55 Å². The van der Waals surface area contributed by atoms with E-state index in [0.29, 0.717) is 11.3 Å². The number of pyridine rings is 1. The summed E-state index contributed by atoms with van der Waals surface area (Å²) in [5.41, 5.74) is 9.06. The first-order chi connectivity index (χ1) is 19.0. The van der Waals surface area contributed by atoms with Gasteiger partial charge in [0.15, 0.2) is 18.9 Å². The van der Waals surface area contributed by atoms with E-state index in [4.69, 9.17) is 20.8 Å². The largest absolute Gasteiger partial charge is 0.477 e. The number of aromatic nitrogens is 3. The minimum Gasteiger partial charge on any atom is -0.477 e. The van der Waals surface area contributed by atoms with Crippen LogP contribution in [-0.4, -0.2) is 72.3 Å². The second kappa shape index (κ2) is 10.2. The summed E-state index contributed by atoms with van der Waals surface area (Å²) in [4.78, 5) is 60.2. The number of anilines is 1. The van der Waals surface area contributed by atoms with Crippen LogP contribution in [-0.2, 0) is 30.6 Å². The number of carboxylic acids is 1. The number of hydrogen-bond acceptors (Lipinski definition) is 12. The number of aliphatic carboxylic acids is 1. The second-order valence-electron chi connectivity index (χ2n) is 9.34. The van der Waals surface area contributed by atoms with E-state index in [1.807, 2.05) is 34.5 Å². The Morgan fingerprint density at radius 1 is 1.38 bits per heavy atom. The van der Waals surface area contributed by atoms with Crippen molar-refractivity contribution >= 4 is 68.6 Å². The predicted octanol–water partition coefficient (Wildman–Crippen LogP) is -0.423. The number of fused-ring (bicyclic) bond motifs is 2. The van der Waals surface area contributed by atoms with Gasteiger partial charge in [-0.1, -0.05) is 10.3 Å². The van der Waals surface area contributed by atoms with Crippen LogP contribution in [0.3, 0.4) is 0 Å². The minimum absolute atomic E-state index is 0.121. The molecule has 2 aliphatic rings. The van der Waals surface area contributed by atoms with Crippen LogP contribution in [0.5, 0.6) is 0 Å². The summed E-state index contributed by atoms with van der Waals surface area (Å²) < 4.78 is 7.62. The van der Waals surface area contributed by atoms with Gasteiger partial charge < -0.3 is 31.3 Å². The van der Waals surface area contributed by atoms with Crippen molar-refractivity contribution in [2.75, 3.05) is 11.5 Å². The molecule has 0 spiro atoms. The third kappa shape index (κ3) is 4.95. The van der Waals surface area contributed by atoms with Crippen molar-refractivity contribution in [3.8, 4) is 0 Å². The summed E-state index contributed by atoms with van der Waals surface area (Å²) in [6.45, 7) is 2.94. The number of thioether (sulfide) groups is 1. The molecule has 3 amide bonds. The van der Waals surface area contributed by atoms with Gasteiger partial charge in [0.05, 0.1) is 4.70 Å². The Labute approximate surface area is 233 Å². The molecule has 17 heteroatoms. The normalized spacial score (nSPS) is 19.3. The molecule has 3 aromatic rings. The molecular weight excluding hydrogens is 564 g/mol. The standard InChI is InChI=1S/C23H22N8O7S2/c1-23(2,21(24)36)38-28-13(16-27-22(25)37-29-16)17(32)26-14-18(33)31-15(20(34)35)11(9-40-19(14)31)7-30-5-3-10-4-6-39-12(10)8-30/h3-6,8,14,19H,7,9H2,1-2H3,(H5-,24,25,26,27,29,32,34,35,36)/p+1/b28-13-/t14?,19-/m1/s1. The first-order valence-corrected chi connectivity index (χ1v) is 13.6. The number of carbonyl (C=O) groups is 4. The maximum atomic E-state index is 13.2. The molecule has 5 rings (SSSR count). The van der Waals surface area contributed by atoms with Crippen molar-refractivity contribution in [3.05, 3.63) is 47.0 Å². The molecule has 208 valence electrons. The lowest BCUT2D eigenvalue weighted by Crippen LogP contribution is -2.71. The highest BCUT2D eigenvalue weighted by molar-refractivity contribution is 8.00. The Morgan fingerprint density at radius 2 is 2.15 bits per heavy atom. The number of nitrogens with one attached hydrogen (secondary N) is 1. The topological polar surface area (TPSA) is 220 Å². The van der Waals surface area contributed by atoms with E-state index >= 15 is 0 Å². The van der Waals surface area contributed by atoms with Gasteiger partial charge in [0, 0.05) is 22.8 Å². The fraction of sp³-hybridized carbons (Fsp3) is 0.304. The predicted molar refractivity (Wildman–Crippen MR) is 141 cm³/mol. The van der Waals surface area contributed by atoms with Crippen LogP contribution < -0.4 is 21.4 Å². The van der Waals surface area contributed by atoms with Crippen LogP contribution in [0.25, 0.3) is 10.1 Å². The average Bonchev–Trinajstić information content (AvgIpc) is 3.55. The molecule has 1 unspecified atom stereocenters. The van der Waals surface area contributed by atoms with Gasteiger partial charge in [0.1, 0.15) is 17.1 Å². The molecular formula is C23H23N8O7S2+. The van der Waals surface area contributed by atoms with E-state index in [2.05, 4.69) is 20.6 Å². The van der Waals surface area contributed by atoms with Gasteiger partial charge in [0.2, 0.25) is 17.1 Å². The van der Waals surface area contributed by atoms with E-state index in [-0.39, 0.29) is 24.1 Å². The maximum absolute atomic E-state index is 13.2. The molecule has 15 nitrogen and oxygen atoms in total.